The second-order valence-corrected chi connectivity index (χ2v) is 3.72. The number of ether oxygens (including phenoxy) is 2. The number of methoxy groups -OCH3 is 1. The minimum absolute atomic E-state index is 0.269. The zero-order chi connectivity index (χ0) is 12.7. The molecule has 92 valence electrons. The Kier molecular flexibility index (Phi) is 5.27. The standard InChI is InChI=1S/C14H18O3/c1-4-13(12-8-6-5-7-9-12)11(2)10-17-14(15)16-3/h5-9H,4,10H2,1-3H3/b13-11+. The molecule has 0 heterocycles. The van der Waals surface area contributed by atoms with E-state index >= 15 is 0 Å². The van der Waals surface area contributed by atoms with Crippen molar-refractivity contribution in [3.05, 3.63) is 41.5 Å². The normalized spacial score (nSPS) is 11.7. The lowest BCUT2D eigenvalue weighted by atomic mass is 9.99. The van der Waals surface area contributed by atoms with Gasteiger partial charge in [-0.1, -0.05) is 37.3 Å². The molecule has 0 radical (unpaired) electrons. The van der Waals surface area contributed by atoms with Crippen molar-refractivity contribution in [1.29, 1.82) is 0 Å². The Morgan fingerprint density at radius 1 is 1.24 bits per heavy atom. The highest BCUT2D eigenvalue weighted by atomic mass is 16.7. The molecule has 3 nitrogen and oxygen atoms in total. The summed E-state index contributed by atoms with van der Waals surface area (Å²) in [6.07, 6.45) is 0.258. The van der Waals surface area contributed by atoms with Crippen LogP contribution in [0.5, 0.6) is 0 Å². The molecule has 0 aliphatic rings. The van der Waals surface area contributed by atoms with Gasteiger partial charge < -0.3 is 9.47 Å². The third-order valence-corrected chi connectivity index (χ3v) is 2.56. The van der Waals surface area contributed by atoms with Gasteiger partial charge in [0.15, 0.2) is 0 Å². The summed E-state index contributed by atoms with van der Waals surface area (Å²) in [5, 5.41) is 0. The molecule has 0 aliphatic carbocycles. The van der Waals surface area contributed by atoms with E-state index in [9.17, 15) is 4.79 Å². The topological polar surface area (TPSA) is 35.5 Å². The van der Waals surface area contributed by atoms with Crippen molar-refractivity contribution in [3.63, 3.8) is 0 Å². The molecule has 0 aliphatic heterocycles. The lowest BCUT2D eigenvalue weighted by molar-refractivity contribution is 0.0799. The second kappa shape index (κ2) is 6.74. The summed E-state index contributed by atoms with van der Waals surface area (Å²) in [6, 6.07) is 10.1. The highest BCUT2D eigenvalue weighted by Crippen LogP contribution is 2.22. The van der Waals surface area contributed by atoms with Crippen LogP contribution in [-0.4, -0.2) is 19.9 Å². The molecule has 0 spiro atoms. The molecule has 0 aromatic heterocycles. The molecule has 17 heavy (non-hydrogen) atoms. The molecule has 1 aromatic carbocycles. The molecular formula is C14H18O3. The van der Waals surface area contributed by atoms with Crippen LogP contribution >= 0.6 is 0 Å². The predicted octanol–water partition coefficient (Wildman–Crippen LogP) is 3.65. The van der Waals surface area contributed by atoms with Gasteiger partial charge in [0.1, 0.15) is 6.61 Å². The van der Waals surface area contributed by atoms with Crippen LogP contribution < -0.4 is 0 Å². The second-order valence-electron chi connectivity index (χ2n) is 3.72. The Morgan fingerprint density at radius 2 is 1.88 bits per heavy atom. The summed E-state index contributed by atoms with van der Waals surface area (Å²) in [5.41, 5.74) is 3.42. The van der Waals surface area contributed by atoms with Crippen molar-refractivity contribution in [1.82, 2.24) is 0 Å². The van der Waals surface area contributed by atoms with Gasteiger partial charge in [0, 0.05) is 0 Å². The first kappa shape index (κ1) is 13.3. The molecule has 0 atom stereocenters. The summed E-state index contributed by atoms with van der Waals surface area (Å²) in [6.45, 7) is 4.32. The number of carbonyl (C=O) groups is 1. The Labute approximate surface area is 102 Å². The summed E-state index contributed by atoms with van der Waals surface area (Å²) >= 11 is 0. The molecule has 1 rings (SSSR count). The van der Waals surface area contributed by atoms with Gasteiger partial charge >= 0.3 is 6.16 Å². The number of hydrogen-bond acceptors (Lipinski definition) is 3. The maximum atomic E-state index is 10.9. The minimum Gasteiger partial charge on any atom is -0.438 e. The lowest BCUT2D eigenvalue weighted by Gasteiger charge is -2.11. The summed E-state index contributed by atoms with van der Waals surface area (Å²) in [4.78, 5) is 10.9. The first-order valence-electron chi connectivity index (χ1n) is 5.63. The van der Waals surface area contributed by atoms with Crippen LogP contribution in [0.1, 0.15) is 25.8 Å². The van der Waals surface area contributed by atoms with E-state index in [0.717, 1.165) is 12.0 Å². The number of hydrogen-bond donors (Lipinski definition) is 0. The van der Waals surface area contributed by atoms with Crippen molar-refractivity contribution in [2.45, 2.75) is 20.3 Å². The first-order chi connectivity index (χ1) is 8.19. The van der Waals surface area contributed by atoms with Crippen LogP contribution in [0.15, 0.2) is 35.9 Å². The van der Waals surface area contributed by atoms with Crippen LogP contribution in [0, 0.1) is 0 Å². The smallest absolute Gasteiger partial charge is 0.438 e. The van der Waals surface area contributed by atoms with E-state index in [1.54, 1.807) is 0 Å². The highest BCUT2D eigenvalue weighted by molar-refractivity contribution is 5.69. The Balaban J connectivity index is 2.80. The Morgan fingerprint density at radius 3 is 2.41 bits per heavy atom. The van der Waals surface area contributed by atoms with E-state index in [-0.39, 0.29) is 6.61 Å². The molecule has 0 saturated heterocycles. The summed E-state index contributed by atoms with van der Waals surface area (Å²) in [5.74, 6) is 0. The first-order valence-corrected chi connectivity index (χ1v) is 5.63. The molecule has 1 aromatic rings. The third kappa shape index (κ3) is 3.94. The van der Waals surface area contributed by atoms with Gasteiger partial charge in [-0.2, -0.15) is 0 Å². The number of carbonyl (C=O) groups excluding carboxylic acids is 1. The SMILES string of the molecule is CC/C(=C(/C)COC(=O)OC)c1ccccc1. The molecule has 0 fully saturated rings. The van der Waals surface area contributed by atoms with Gasteiger partial charge in [-0.3, -0.25) is 0 Å². The van der Waals surface area contributed by atoms with Crippen LogP contribution in [0.25, 0.3) is 5.57 Å². The van der Waals surface area contributed by atoms with Gasteiger partial charge in [-0.15, -0.1) is 0 Å². The van der Waals surface area contributed by atoms with E-state index in [4.69, 9.17) is 4.74 Å². The molecule has 0 saturated carbocycles. The Bertz CT molecular complexity index is 393. The third-order valence-electron chi connectivity index (χ3n) is 2.56. The van der Waals surface area contributed by atoms with Crippen molar-refractivity contribution in [2.75, 3.05) is 13.7 Å². The largest absolute Gasteiger partial charge is 0.508 e. The van der Waals surface area contributed by atoms with E-state index in [0.29, 0.717) is 0 Å². The van der Waals surface area contributed by atoms with Gasteiger partial charge in [-0.05, 0) is 30.1 Å². The zero-order valence-electron chi connectivity index (χ0n) is 10.5. The molecule has 3 heteroatoms. The van der Waals surface area contributed by atoms with Crippen LogP contribution in [0.4, 0.5) is 4.79 Å². The molecule has 0 N–H and O–H groups in total. The monoisotopic (exact) mass is 234 g/mol. The van der Waals surface area contributed by atoms with Gasteiger partial charge in [0.2, 0.25) is 0 Å². The number of benzene rings is 1. The predicted molar refractivity (Wildman–Crippen MR) is 67.7 cm³/mol. The van der Waals surface area contributed by atoms with Gasteiger partial charge in [0.25, 0.3) is 0 Å². The maximum Gasteiger partial charge on any atom is 0.508 e. The molecular weight excluding hydrogens is 216 g/mol. The Hall–Kier alpha value is -1.77. The summed E-state index contributed by atoms with van der Waals surface area (Å²) in [7, 11) is 1.30. The van der Waals surface area contributed by atoms with Crippen molar-refractivity contribution in [3.8, 4) is 0 Å². The minimum atomic E-state index is -0.645. The van der Waals surface area contributed by atoms with E-state index in [2.05, 4.69) is 23.8 Å². The summed E-state index contributed by atoms with van der Waals surface area (Å²) < 4.78 is 9.37. The average Bonchev–Trinajstić information content (AvgIpc) is 2.38. The van der Waals surface area contributed by atoms with Crippen molar-refractivity contribution < 1.29 is 14.3 Å². The molecule has 0 unspecified atom stereocenters. The fourth-order valence-electron chi connectivity index (χ4n) is 1.70. The fourth-order valence-corrected chi connectivity index (χ4v) is 1.70. The van der Waals surface area contributed by atoms with Crippen molar-refractivity contribution >= 4 is 11.7 Å². The van der Waals surface area contributed by atoms with Crippen LogP contribution in [-0.2, 0) is 9.47 Å². The van der Waals surface area contributed by atoms with E-state index in [1.807, 2.05) is 25.1 Å². The molecule has 0 amide bonds. The van der Waals surface area contributed by atoms with Crippen LogP contribution in [0.3, 0.4) is 0 Å². The number of rotatable bonds is 4. The van der Waals surface area contributed by atoms with Crippen molar-refractivity contribution in [2.24, 2.45) is 0 Å². The lowest BCUT2D eigenvalue weighted by Crippen LogP contribution is -2.07. The quantitative estimate of drug-likeness (QED) is 0.746. The highest BCUT2D eigenvalue weighted by Gasteiger charge is 2.06. The average molecular weight is 234 g/mol. The van der Waals surface area contributed by atoms with E-state index < -0.39 is 6.16 Å². The molecule has 0 bridgehead atoms. The van der Waals surface area contributed by atoms with Crippen LogP contribution in [0.2, 0.25) is 0 Å². The van der Waals surface area contributed by atoms with Gasteiger partial charge in [-0.25, -0.2) is 4.79 Å². The van der Waals surface area contributed by atoms with Gasteiger partial charge in [0.05, 0.1) is 7.11 Å². The maximum absolute atomic E-state index is 10.9. The number of allylic oxidation sites excluding steroid dienone is 1. The zero-order valence-corrected chi connectivity index (χ0v) is 10.5. The van der Waals surface area contributed by atoms with E-state index in [1.165, 1.54) is 18.2 Å². The fraction of sp³-hybridized carbons (Fsp3) is 0.357.